The van der Waals surface area contributed by atoms with Crippen molar-refractivity contribution in [2.45, 2.75) is 6.42 Å². The summed E-state index contributed by atoms with van der Waals surface area (Å²) in [6.07, 6.45) is 2.34. The van der Waals surface area contributed by atoms with E-state index in [0.29, 0.717) is 25.0 Å². The lowest BCUT2D eigenvalue weighted by Crippen LogP contribution is -2.09. The molecule has 0 saturated carbocycles. The van der Waals surface area contributed by atoms with Crippen molar-refractivity contribution in [2.24, 2.45) is 0 Å². The Bertz CT molecular complexity index is 299. The summed E-state index contributed by atoms with van der Waals surface area (Å²) in [4.78, 5) is 7.81. The number of rotatable bonds is 8. The molecule has 90 valence electrons. The van der Waals surface area contributed by atoms with E-state index in [9.17, 15) is 0 Å². The minimum atomic E-state index is 0.439. The van der Waals surface area contributed by atoms with Crippen LogP contribution in [0.5, 0.6) is 0 Å². The van der Waals surface area contributed by atoms with Crippen LogP contribution in [-0.2, 0) is 9.47 Å². The summed E-state index contributed by atoms with van der Waals surface area (Å²) < 4.78 is 10.2. The van der Waals surface area contributed by atoms with E-state index >= 15 is 0 Å². The fourth-order valence-corrected chi connectivity index (χ4v) is 1.21. The Kier molecular flexibility index (Phi) is 6.80. The molecule has 0 amide bonds. The molecule has 1 aromatic heterocycles. The number of anilines is 1. The van der Waals surface area contributed by atoms with Gasteiger partial charge < -0.3 is 14.8 Å². The fraction of sp³-hybridized carbons (Fsp3) is 0.600. The van der Waals surface area contributed by atoms with Crippen LogP contribution < -0.4 is 5.32 Å². The van der Waals surface area contributed by atoms with Crippen LogP contribution in [0.25, 0.3) is 0 Å². The van der Waals surface area contributed by atoms with Gasteiger partial charge in [0.15, 0.2) is 0 Å². The Balaban J connectivity index is 2.03. The van der Waals surface area contributed by atoms with E-state index in [0.717, 1.165) is 18.8 Å². The summed E-state index contributed by atoms with van der Waals surface area (Å²) in [5.74, 6) is 0.733. The summed E-state index contributed by atoms with van der Waals surface area (Å²) in [6, 6.07) is 1.69. The van der Waals surface area contributed by atoms with Gasteiger partial charge in [-0.2, -0.15) is 0 Å². The van der Waals surface area contributed by atoms with Gasteiger partial charge >= 0.3 is 0 Å². The van der Waals surface area contributed by atoms with E-state index in [1.807, 2.05) is 0 Å². The summed E-state index contributed by atoms with van der Waals surface area (Å²) in [7, 11) is 1.66. The lowest BCUT2D eigenvalue weighted by molar-refractivity contribution is 0.0705. The molecule has 0 spiro atoms. The average Bonchev–Trinajstić information content (AvgIpc) is 2.28. The number of aromatic nitrogens is 2. The van der Waals surface area contributed by atoms with E-state index in [-0.39, 0.29) is 0 Å². The Morgan fingerprint density at radius 2 is 2.19 bits per heavy atom. The highest BCUT2D eigenvalue weighted by Gasteiger charge is 1.95. The lowest BCUT2D eigenvalue weighted by atomic mass is 10.4. The molecule has 16 heavy (non-hydrogen) atoms. The van der Waals surface area contributed by atoms with Crippen molar-refractivity contribution in [1.29, 1.82) is 0 Å². The molecule has 0 aliphatic carbocycles. The molecule has 0 atom stereocenters. The molecule has 1 heterocycles. The quantitative estimate of drug-likeness (QED) is 0.557. The van der Waals surface area contributed by atoms with Crippen LogP contribution in [0.3, 0.4) is 0 Å². The molecule has 1 aromatic rings. The Hall–Kier alpha value is -0.910. The van der Waals surface area contributed by atoms with E-state index in [1.165, 1.54) is 6.33 Å². The number of nitrogens with zero attached hydrogens (tertiary/aromatic N) is 2. The highest BCUT2D eigenvalue weighted by molar-refractivity contribution is 6.29. The Labute approximate surface area is 100 Å². The highest BCUT2D eigenvalue weighted by atomic mass is 35.5. The maximum absolute atomic E-state index is 5.71. The van der Waals surface area contributed by atoms with E-state index in [4.69, 9.17) is 21.1 Å². The van der Waals surface area contributed by atoms with Gasteiger partial charge in [-0.05, 0) is 6.42 Å². The molecule has 1 N–H and O–H groups in total. The van der Waals surface area contributed by atoms with E-state index < -0.39 is 0 Å². The lowest BCUT2D eigenvalue weighted by Gasteiger charge is -2.06. The molecule has 0 saturated heterocycles. The third-order valence-corrected chi connectivity index (χ3v) is 2.04. The third-order valence-electron chi connectivity index (χ3n) is 1.84. The van der Waals surface area contributed by atoms with Gasteiger partial charge in [0, 0.05) is 26.3 Å². The molecule has 0 aromatic carbocycles. The predicted octanol–water partition coefficient (Wildman–Crippen LogP) is 1.59. The van der Waals surface area contributed by atoms with Gasteiger partial charge in [-0.3, -0.25) is 0 Å². The molecule has 0 unspecified atom stereocenters. The van der Waals surface area contributed by atoms with Crippen LogP contribution in [0, 0.1) is 0 Å². The number of nitrogens with one attached hydrogen (secondary N) is 1. The van der Waals surface area contributed by atoms with Gasteiger partial charge in [-0.15, -0.1) is 0 Å². The van der Waals surface area contributed by atoms with Crippen LogP contribution in [0.4, 0.5) is 5.82 Å². The zero-order valence-electron chi connectivity index (χ0n) is 9.28. The molecule has 0 aliphatic rings. The van der Waals surface area contributed by atoms with Crippen LogP contribution in [0.2, 0.25) is 5.15 Å². The van der Waals surface area contributed by atoms with E-state index in [2.05, 4.69) is 15.3 Å². The molecular formula is C10H16ClN3O2. The Morgan fingerprint density at radius 1 is 1.31 bits per heavy atom. The molecule has 1 rings (SSSR count). The van der Waals surface area contributed by atoms with Gasteiger partial charge in [-0.1, -0.05) is 11.6 Å². The van der Waals surface area contributed by atoms with Gasteiger partial charge in [0.25, 0.3) is 0 Å². The second-order valence-corrected chi connectivity index (χ2v) is 3.50. The first kappa shape index (κ1) is 13.2. The van der Waals surface area contributed by atoms with Crippen molar-refractivity contribution in [3.05, 3.63) is 17.5 Å². The first-order valence-corrected chi connectivity index (χ1v) is 5.49. The average molecular weight is 246 g/mol. The van der Waals surface area contributed by atoms with Crippen molar-refractivity contribution >= 4 is 17.4 Å². The number of methoxy groups -OCH3 is 1. The first-order valence-electron chi connectivity index (χ1n) is 5.11. The van der Waals surface area contributed by atoms with Crippen LogP contribution >= 0.6 is 11.6 Å². The van der Waals surface area contributed by atoms with Crippen molar-refractivity contribution in [3.8, 4) is 0 Å². The maximum Gasteiger partial charge on any atom is 0.134 e. The second-order valence-electron chi connectivity index (χ2n) is 3.11. The number of hydrogen-bond acceptors (Lipinski definition) is 5. The number of ether oxygens (including phenoxy) is 2. The SMILES string of the molecule is COCCOCCCNc1cc(Cl)ncn1. The topological polar surface area (TPSA) is 56.3 Å². The van der Waals surface area contributed by atoms with Gasteiger partial charge in [0.1, 0.15) is 17.3 Å². The summed E-state index contributed by atoms with van der Waals surface area (Å²) in [6.45, 7) is 2.76. The zero-order chi connectivity index (χ0) is 11.6. The minimum absolute atomic E-state index is 0.439. The molecule has 5 nitrogen and oxygen atoms in total. The molecule has 0 aliphatic heterocycles. The van der Waals surface area contributed by atoms with Crippen molar-refractivity contribution in [3.63, 3.8) is 0 Å². The van der Waals surface area contributed by atoms with Gasteiger partial charge in [-0.25, -0.2) is 9.97 Å². The molecular weight excluding hydrogens is 230 g/mol. The number of hydrogen-bond donors (Lipinski definition) is 1. The second kappa shape index (κ2) is 8.27. The normalized spacial score (nSPS) is 10.4. The summed E-state index contributed by atoms with van der Waals surface area (Å²) in [5.41, 5.74) is 0. The van der Waals surface area contributed by atoms with Crippen molar-refractivity contribution in [2.75, 3.05) is 38.8 Å². The summed E-state index contributed by atoms with van der Waals surface area (Å²) >= 11 is 5.71. The van der Waals surface area contributed by atoms with Crippen LogP contribution in [0.15, 0.2) is 12.4 Å². The predicted molar refractivity (Wildman–Crippen MR) is 62.8 cm³/mol. The molecule has 0 fully saturated rings. The summed E-state index contributed by atoms with van der Waals surface area (Å²) in [5, 5.41) is 3.57. The molecule has 0 bridgehead atoms. The fourth-order valence-electron chi connectivity index (χ4n) is 1.07. The highest BCUT2D eigenvalue weighted by Crippen LogP contribution is 2.07. The van der Waals surface area contributed by atoms with Crippen LogP contribution in [0.1, 0.15) is 6.42 Å². The smallest absolute Gasteiger partial charge is 0.134 e. The molecule has 0 radical (unpaired) electrons. The zero-order valence-corrected chi connectivity index (χ0v) is 10.0. The minimum Gasteiger partial charge on any atom is -0.382 e. The molecule has 6 heteroatoms. The van der Waals surface area contributed by atoms with Crippen LogP contribution in [-0.4, -0.2) is 43.4 Å². The monoisotopic (exact) mass is 245 g/mol. The Morgan fingerprint density at radius 3 is 2.94 bits per heavy atom. The van der Waals surface area contributed by atoms with Gasteiger partial charge in [0.2, 0.25) is 0 Å². The van der Waals surface area contributed by atoms with E-state index in [1.54, 1.807) is 13.2 Å². The van der Waals surface area contributed by atoms with Crippen molar-refractivity contribution in [1.82, 2.24) is 9.97 Å². The van der Waals surface area contributed by atoms with Crippen molar-refractivity contribution < 1.29 is 9.47 Å². The third kappa shape index (κ3) is 5.85. The van der Waals surface area contributed by atoms with Gasteiger partial charge in [0.05, 0.1) is 13.2 Å². The standard InChI is InChI=1S/C10H16ClN3O2/c1-15-5-6-16-4-2-3-12-10-7-9(11)13-8-14-10/h7-8H,2-6H2,1H3,(H,12,13,14). The first-order chi connectivity index (χ1) is 7.83. The maximum atomic E-state index is 5.71. The number of halogens is 1. The largest absolute Gasteiger partial charge is 0.382 e.